The fourth-order valence-corrected chi connectivity index (χ4v) is 3.20. The predicted octanol–water partition coefficient (Wildman–Crippen LogP) is 1.26. The maximum atomic E-state index is 12.1. The second kappa shape index (κ2) is 4.88. The highest BCUT2D eigenvalue weighted by atomic mass is 16.3. The normalized spacial score (nSPS) is 33.9. The van der Waals surface area contributed by atoms with Crippen molar-refractivity contribution in [3.8, 4) is 0 Å². The van der Waals surface area contributed by atoms with Crippen LogP contribution in [0.4, 0.5) is 4.79 Å². The van der Waals surface area contributed by atoms with Crippen LogP contribution >= 0.6 is 0 Å². The smallest absolute Gasteiger partial charge is 0.325 e. The first-order chi connectivity index (χ1) is 8.45. The summed E-state index contributed by atoms with van der Waals surface area (Å²) in [6.45, 7) is 4.28. The number of aliphatic hydroxyl groups is 1. The van der Waals surface area contributed by atoms with Gasteiger partial charge in [0.25, 0.3) is 5.91 Å². The molecule has 3 amide bonds. The van der Waals surface area contributed by atoms with Crippen LogP contribution in [0.1, 0.15) is 46.0 Å². The van der Waals surface area contributed by atoms with Crippen LogP contribution in [0.2, 0.25) is 0 Å². The highest BCUT2D eigenvalue weighted by Crippen LogP contribution is 2.39. The van der Waals surface area contributed by atoms with Gasteiger partial charge in [0, 0.05) is 6.54 Å². The third-order valence-corrected chi connectivity index (χ3v) is 4.15. The van der Waals surface area contributed by atoms with Crippen molar-refractivity contribution in [2.75, 3.05) is 6.54 Å². The molecule has 1 spiro atoms. The Morgan fingerprint density at radius 3 is 2.89 bits per heavy atom. The Morgan fingerprint density at radius 1 is 1.56 bits per heavy atom. The number of aliphatic hydroxyl groups excluding tert-OH is 1. The Labute approximate surface area is 108 Å². The Morgan fingerprint density at radius 2 is 2.28 bits per heavy atom. The van der Waals surface area contributed by atoms with Crippen LogP contribution in [-0.4, -0.2) is 40.1 Å². The van der Waals surface area contributed by atoms with E-state index in [1.165, 1.54) is 0 Å². The summed E-state index contributed by atoms with van der Waals surface area (Å²) in [4.78, 5) is 25.7. The Balaban J connectivity index is 2.18. The van der Waals surface area contributed by atoms with Gasteiger partial charge in [0.15, 0.2) is 0 Å². The van der Waals surface area contributed by atoms with Crippen LogP contribution in [0.5, 0.6) is 0 Å². The molecule has 18 heavy (non-hydrogen) atoms. The molecule has 1 aliphatic carbocycles. The lowest BCUT2D eigenvalue weighted by Crippen LogP contribution is -2.53. The number of hydrogen-bond donors (Lipinski definition) is 2. The lowest BCUT2D eigenvalue weighted by molar-refractivity contribution is -0.129. The Kier molecular flexibility index (Phi) is 3.61. The van der Waals surface area contributed by atoms with E-state index in [0.29, 0.717) is 18.9 Å². The molecule has 0 bridgehead atoms. The molecule has 2 rings (SSSR count). The zero-order valence-corrected chi connectivity index (χ0v) is 11.1. The molecular formula is C13H22N2O3. The number of carbonyl (C=O) groups is 2. The molecule has 3 atom stereocenters. The van der Waals surface area contributed by atoms with Gasteiger partial charge in [0.2, 0.25) is 0 Å². The molecule has 0 aromatic rings. The lowest BCUT2D eigenvalue weighted by Gasteiger charge is -2.40. The summed E-state index contributed by atoms with van der Waals surface area (Å²) in [7, 11) is 0. The van der Waals surface area contributed by atoms with E-state index in [0.717, 1.165) is 25.7 Å². The maximum absolute atomic E-state index is 12.1. The molecule has 0 aromatic carbocycles. The van der Waals surface area contributed by atoms with Crippen molar-refractivity contribution in [3.63, 3.8) is 0 Å². The summed E-state index contributed by atoms with van der Waals surface area (Å²) in [5.74, 6) is 0.314. The van der Waals surface area contributed by atoms with E-state index in [1.807, 2.05) is 0 Å². The summed E-state index contributed by atoms with van der Waals surface area (Å²) >= 11 is 0. The summed E-state index contributed by atoms with van der Waals surface area (Å²) in [5, 5.41) is 11.8. The molecular weight excluding hydrogens is 232 g/mol. The van der Waals surface area contributed by atoms with Gasteiger partial charge in [0.05, 0.1) is 6.10 Å². The van der Waals surface area contributed by atoms with Crippen molar-refractivity contribution in [1.82, 2.24) is 10.2 Å². The zero-order valence-electron chi connectivity index (χ0n) is 11.1. The van der Waals surface area contributed by atoms with E-state index in [9.17, 15) is 14.7 Å². The number of imide groups is 1. The van der Waals surface area contributed by atoms with Gasteiger partial charge in [-0.25, -0.2) is 4.79 Å². The summed E-state index contributed by atoms with van der Waals surface area (Å²) in [6.07, 6.45) is 3.64. The molecule has 1 heterocycles. The molecule has 1 saturated heterocycles. The monoisotopic (exact) mass is 254 g/mol. The Bertz CT molecular complexity index is 356. The van der Waals surface area contributed by atoms with Crippen LogP contribution in [0.15, 0.2) is 0 Å². The van der Waals surface area contributed by atoms with E-state index in [-0.39, 0.29) is 11.9 Å². The van der Waals surface area contributed by atoms with Crippen molar-refractivity contribution < 1.29 is 14.7 Å². The summed E-state index contributed by atoms with van der Waals surface area (Å²) < 4.78 is 0. The quantitative estimate of drug-likeness (QED) is 0.745. The third kappa shape index (κ3) is 2.23. The SMILES string of the molecule is CC(O)CCN1C(=O)NC(=O)C12CCCC(C)C2. The molecule has 0 aromatic heterocycles. The van der Waals surface area contributed by atoms with Gasteiger partial charge in [0.1, 0.15) is 5.54 Å². The first-order valence-electron chi connectivity index (χ1n) is 6.77. The van der Waals surface area contributed by atoms with Crippen LogP contribution in [-0.2, 0) is 4.79 Å². The van der Waals surface area contributed by atoms with Crippen molar-refractivity contribution >= 4 is 11.9 Å². The number of nitrogens with zero attached hydrogens (tertiary/aromatic N) is 1. The molecule has 2 aliphatic rings. The topological polar surface area (TPSA) is 69.6 Å². The van der Waals surface area contributed by atoms with Gasteiger partial charge in [-0.2, -0.15) is 0 Å². The van der Waals surface area contributed by atoms with Gasteiger partial charge >= 0.3 is 6.03 Å². The molecule has 2 N–H and O–H groups in total. The van der Waals surface area contributed by atoms with Gasteiger partial charge < -0.3 is 10.0 Å². The lowest BCUT2D eigenvalue weighted by atomic mass is 9.75. The maximum Gasteiger partial charge on any atom is 0.325 e. The van der Waals surface area contributed by atoms with Crippen molar-refractivity contribution in [2.24, 2.45) is 5.92 Å². The van der Waals surface area contributed by atoms with Gasteiger partial charge in [-0.3, -0.25) is 10.1 Å². The summed E-state index contributed by atoms with van der Waals surface area (Å²) in [5.41, 5.74) is -0.649. The number of urea groups is 1. The minimum absolute atomic E-state index is 0.148. The molecule has 1 saturated carbocycles. The van der Waals surface area contributed by atoms with E-state index < -0.39 is 11.6 Å². The highest BCUT2D eigenvalue weighted by molar-refractivity contribution is 6.07. The molecule has 2 fully saturated rings. The molecule has 102 valence electrons. The average molecular weight is 254 g/mol. The number of amides is 3. The largest absolute Gasteiger partial charge is 0.393 e. The number of rotatable bonds is 3. The van der Waals surface area contributed by atoms with Crippen molar-refractivity contribution in [3.05, 3.63) is 0 Å². The number of hydrogen-bond acceptors (Lipinski definition) is 3. The van der Waals surface area contributed by atoms with Crippen LogP contribution in [0, 0.1) is 5.92 Å². The predicted molar refractivity (Wildman–Crippen MR) is 66.9 cm³/mol. The molecule has 0 radical (unpaired) electrons. The number of carbonyl (C=O) groups excluding carboxylic acids is 2. The van der Waals surface area contributed by atoms with Crippen LogP contribution in [0.25, 0.3) is 0 Å². The van der Waals surface area contributed by atoms with E-state index in [2.05, 4.69) is 12.2 Å². The van der Waals surface area contributed by atoms with E-state index >= 15 is 0 Å². The third-order valence-electron chi connectivity index (χ3n) is 4.15. The minimum Gasteiger partial charge on any atom is -0.393 e. The fraction of sp³-hybridized carbons (Fsp3) is 0.846. The van der Waals surface area contributed by atoms with Gasteiger partial charge in [-0.05, 0) is 32.1 Å². The first kappa shape index (κ1) is 13.3. The van der Waals surface area contributed by atoms with Crippen molar-refractivity contribution in [2.45, 2.75) is 57.6 Å². The van der Waals surface area contributed by atoms with Gasteiger partial charge in [-0.15, -0.1) is 0 Å². The first-order valence-corrected chi connectivity index (χ1v) is 6.77. The second-order valence-electron chi connectivity index (χ2n) is 5.78. The minimum atomic E-state index is -0.649. The molecule has 5 heteroatoms. The fourth-order valence-electron chi connectivity index (χ4n) is 3.20. The van der Waals surface area contributed by atoms with E-state index in [1.54, 1.807) is 11.8 Å². The van der Waals surface area contributed by atoms with E-state index in [4.69, 9.17) is 0 Å². The second-order valence-corrected chi connectivity index (χ2v) is 5.78. The number of nitrogens with one attached hydrogen (secondary N) is 1. The van der Waals surface area contributed by atoms with Gasteiger partial charge in [-0.1, -0.05) is 19.8 Å². The van der Waals surface area contributed by atoms with Crippen LogP contribution < -0.4 is 5.32 Å². The average Bonchev–Trinajstić information content (AvgIpc) is 2.48. The molecule has 1 aliphatic heterocycles. The molecule has 5 nitrogen and oxygen atoms in total. The van der Waals surface area contributed by atoms with Crippen molar-refractivity contribution in [1.29, 1.82) is 0 Å². The highest BCUT2D eigenvalue weighted by Gasteiger charge is 2.53. The summed E-state index contributed by atoms with van der Waals surface area (Å²) in [6, 6.07) is -0.297. The zero-order chi connectivity index (χ0) is 13.3. The Hall–Kier alpha value is -1.10. The molecule has 3 unspecified atom stereocenters. The van der Waals surface area contributed by atoms with Crippen LogP contribution in [0.3, 0.4) is 0 Å². The standard InChI is InChI=1S/C13H22N2O3/c1-9-4-3-6-13(8-9)11(17)14-12(18)15(13)7-5-10(2)16/h9-10,16H,3-8H2,1-2H3,(H,14,17,18).